The van der Waals surface area contributed by atoms with E-state index in [2.05, 4.69) is 28.9 Å². The first-order valence-electron chi connectivity index (χ1n) is 9.09. The zero-order valence-corrected chi connectivity index (χ0v) is 12.8. The van der Waals surface area contributed by atoms with E-state index in [0.717, 1.165) is 11.6 Å². The number of hydrogen-bond acceptors (Lipinski definition) is 0. The molecule has 0 saturated heterocycles. The van der Waals surface area contributed by atoms with Crippen LogP contribution in [0, 0.1) is 0 Å². The molecule has 0 bridgehead atoms. The van der Waals surface area contributed by atoms with Gasteiger partial charge in [0.25, 0.3) is 6.28 Å². The van der Waals surface area contributed by atoms with Crippen LogP contribution in [-0.2, 0) is 6.32 Å². The Bertz CT molecular complexity index is 454. The van der Waals surface area contributed by atoms with E-state index in [-0.39, 0.29) is 6.28 Å². The minimum absolute atomic E-state index is 0.279. The van der Waals surface area contributed by atoms with Crippen LogP contribution in [0.5, 0.6) is 0 Å². The third-order valence-corrected chi connectivity index (χ3v) is 6.96. The summed E-state index contributed by atoms with van der Waals surface area (Å²) in [6.45, 7) is 0. The van der Waals surface area contributed by atoms with Gasteiger partial charge in [-0.2, -0.15) is 0 Å². The first-order valence-corrected chi connectivity index (χ1v) is 9.09. The number of aromatic nitrogens is 1. The van der Waals surface area contributed by atoms with Gasteiger partial charge in [-0.15, -0.1) is 0 Å². The minimum atomic E-state index is -0.279. The summed E-state index contributed by atoms with van der Waals surface area (Å²) in [5.41, 5.74) is 1.61. The van der Waals surface area contributed by atoms with Crippen molar-refractivity contribution in [3.8, 4) is 0 Å². The lowest BCUT2D eigenvalue weighted by Crippen LogP contribution is -2.80. The molecule has 2 heterocycles. The molecule has 0 N–H and O–H groups in total. The van der Waals surface area contributed by atoms with Crippen LogP contribution in [0.15, 0.2) is 24.4 Å². The Balaban J connectivity index is 1.70. The number of fused-ring (bicyclic) bond motifs is 1. The average molecular weight is 269 g/mol. The van der Waals surface area contributed by atoms with Crippen molar-refractivity contribution in [3.63, 3.8) is 0 Å². The Morgan fingerprint density at radius 1 is 0.800 bits per heavy atom. The van der Waals surface area contributed by atoms with Gasteiger partial charge in [0.1, 0.15) is 6.20 Å². The van der Waals surface area contributed by atoms with Gasteiger partial charge >= 0.3 is 0 Å². The monoisotopic (exact) mass is 269 g/mol. The van der Waals surface area contributed by atoms with Crippen LogP contribution in [0.4, 0.5) is 0 Å². The van der Waals surface area contributed by atoms with Gasteiger partial charge in [-0.05, 0) is 18.5 Å². The molecule has 2 fully saturated rings. The second-order valence-electron chi connectivity index (χ2n) is 7.74. The van der Waals surface area contributed by atoms with Crippen molar-refractivity contribution in [2.24, 2.45) is 0 Å². The van der Waals surface area contributed by atoms with Crippen molar-refractivity contribution in [2.45, 2.75) is 82.2 Å². The zero-order chi connectivity index (χ0) is 13.4. The molecule has 20 heavy (non-hydrogen) atoms. The summed E-state index contributed by atoms with van der Waals surface area (Å²) < 4.78 is 2.77. The maximum atomic E-state index is 2.77. The summed E-state index contributed by atoms with van der Waals surface area (Å²) in [5.74, 6) is 2.04. The molecule has 0 atom stereocenters. The van der Waals surface area contributed by atoms with Gasteiger partial charge in [0.2, 0.25) is 0 Å². The molecule has 2 aliphatic carbocycles. The van der Waals surface area contributed by atoms with Gasteiger partial charge in [-0.3, -0.25) is 0 Å². The van der Waals surface area contributed by atoms with E-state index in [9.17, 15) is 0 Å². The highest BCUT2D eigenvalue weighted by Crippen LogP contribution is 2.50. The fourth-order valence-electron chi connectivity index (χ4n) is 6.05. The maximum Gasteiger partial charge on any atom is 0.293 e. The Labute approximate surface area is 123 Å². The Morgan fingerprint density at radius 3 is 1.95 bits per heavy atom. The van der Waals surface area contributed by atoms with Crippen molar-refractivity contribution in [1.82, 2.24) is 0 Å². The first-order chi connectivity index (χ1) is 9.91. The average Bonchev–Trinajstić information content (AvgIpc) is 2.51. The fraction of sp³-hybridized carbons (Fsp3) is 0.722. The summed E-state index contributed by atoms with van der Waals surface area (Å²) in [6.07, 6.45) is 18.5. The highest BCUT2D eigenvalue weighted by molar-refractivity contribution is 6.75. The van der Waals surface area contributed by atoms with E-state index < -0.39 is 0 Å². The molecule has 1 aromatic rings. The van der Waals surface area contributed by atoms with Gasteiger partial charge in [0.05, 0.1) is 5.69 Å². The lowest BCUT2D eigenvalue weighted by molar-refractivity contribution is -0.585. The van der Waals surface area contributed by atoms with Crippen LogP contribution < -0.4 is 4.48 Å². The number of hydrogen-bond donors (Lipinski definition) is 0. The zero-order valence-electron chi connectivity index (χ0n) is 12.8. The second kappa shape index (κ2) is 5.20. The van der Waals surface area contributed by atoms with Crippen molar-refractivity contribution >= 4 is 6.28 Å². The lowest BCUT2D eigenvalue weighted by Gasteiger charge is -2.55. The quantitative estimate of drug-likeness (QED) is 0.694. The first kappa shape index (κ1) is 12.9. The van der Waals surface area contributed by atoms with Crippen LogP contribution in [0.1, 0.15) is 69.9 Å². The normalized spacial score (nSPS) is 26.8. The van der Waals surface area contributed by atoms with Gasteiger partial charge in [-0.25, -0.2) is 0 Å². The molecule has 1 nitrogen and oxygen atoms in total. The summed E-state index contributed by atoms with van der Waals surface area (Å²) in [5, 5.41) is 0. The summed E-state index contributed by atoms with van der Waals surface area (Å²) in [7, 11) is 0. The van der Waals surface area contributed by atoms with E-state index in [0.29, 0.717) is 0 Å². The van der Waals surface area contributed by atoms with E-state index in [4.69, 9.17) is 0 Å². The number of nitrogens with zero attached hydrogens (tertiary/aromatic N) is 1. The van der Waals surface area contributed by atoms with Crippen LogP contribution in [0.3, 0.4) is 0 Å². The number of pyridine rings is 1. The molecular formula is C18H28BN. The van der Waals surface area contributed by atoms with Gasteiger partial charge in [0.15, 0.2) is 0 Å². The SMILES string of the molecule is c1cc[n+]2c(c1)C[B-]2(C1CCCCC1)C1CCCCC1. The van der Waals surface area contributed by atoms with Crippen molar-refractivity contribution < 1.29 is 4.48 Å². The smallest absolute Gasteiger partial charge is 0.293 e. The molecule has 2 saturated carbocycles. The molecule has 0 spiro atoms. The Morgan fingerprint density at radius 2 is 1.40 bits per heavy atom. The number of rotatable bonds is 2. The highest BCUT2D eigenvalue weighted by Gasteiger charge is 2.56. The second-order valence-corrected chi connectivity index (χ2v) is 7.74. The summed E-state index contributed by atoms with van der Waals surface area (Å²) in [6, 6.07) is 6.87. The van der Waals surface area contributed by atoms with Crippen molar-refractivity contribution in [1.29, 1.82) is 0 Å². The third kappa shape index (κ3) is 1.87. The van der Waals surface area contributed by atoms with E-state index >= 15 is 0 Å². The maximum absolute atomic E-state index is 2.77. The van der Waals surface area contributed by atoms with E-state index in [1.807, 2.05) is 0 Å². The Kier molecular flexibility index (Phi) is 3.36. The van der Waals surface area contributed by atoms with Crippen molar-refractivity contribution in [2.75, 3.05) is 0 Å². The molecule has 1 aromatic heterocycles. The molecule has 4 rings (SSSR count). The van der Waals surface area contributed by atoms with Gasteiger partial charge < -0.3 is 4.48 Å². The molecule has 0 unspecified atom stereocenters. The molecule has 3 aliphatic rings. The van der Waals surface area contributed by atoms with Crippen LogP contribution in [-0.4, -0.2) is 6.28 Å². The standard InChI is InChI=1S/C18H28BN/c1-3-9-16(10-4-1)19(17-11-5-2-6-12-17)15-18-13-7-8-14-20(18)19/h7-8,13-14,16-17H,1-6,9-12,15H2. The van der Waals surface area contributed by atoms with Crippen LogP contribution >= 0.6 is 0 Å². The largest absolute Gasteiger partial charge is 0.426 e. The van der Waals surface area contributed by atoms with E-state index in [1.54, 1.807) is 5.69 Å². The van der Waals surface area contributed by atoms with Crippen LogP contribution in [0.2, 0.25) is 11.6 Å². The summed E-state index contributed by atoms with van der Waals surface area (Å²) >= 11 is 0. The fourth-order valence-corrected chi connectivity index (χ4v) is 6.05. The minimum Gasteiger partial charge on any atom is -0.426 e. The van der Waals surface area contributed by atoms with Gasteiger partial charge in [0, 0.05) is 0 Å². The molecule has 0 radical (unpaired) electrons. The highest BCUT2D eigenvalue weighted by atomic mass is 15.0. The Hall–Kier alpha value is -0.785. The van der Waals surface area contributed by atoms with Crippen LogP contribution in [0.25, 0.3) is 0 Å². The van der Waals surface area contributed by atoms with Crippen molar-refractivity contribution in [3.05, 3.63) is 30.1 Å². The predicted octanol–water partition coefficient (Wildman–Crippen LogP) is 4.53. The van der Waals surface area contributed by atoms with E-state index in [1.165, 1.54) is 70.5 Å². The topological polar surface area (TPSA) is 3.88 Å². The molecular weight excluding hydrogens is 241 g/mol. The molecule has 1 aliphatic heterocycles. The molecule has 108 valence electrons. The van der Waals surface area contributed by atoms with Gasteiger partial charge in [-0.1, -0.05) is 81.9 Å². The lowest BCUT2D eigenvalue weighted by atomic mass is 9.14. The molecule has 0 aromatic carbocycles. The third-order valence-electron chi connectivity index (χ3n) is 6.96. The molecule has 0 amide bonds. The molecule has 2 heteroatoms. The predicted molar refractivity (Wildman–Crippen MR) is 85.2 cm³/mol. The summed E-state index contributed by atoms with van der Waals surface area (Å²) in [4.78, 5) is 0.